The second kappa shape index (κ2) is 5.63. The third-order valence-corrected chi connectivity index (χ3v) is 4.11. The minimum absolute atomic E-state index is 0.132. The number of anilines is 2. The van der Waals surface area contributed by atoms with Crippen molar-refractivity contribution in [3.05, 3.63) is 51.8 Å². The predicted molar refractivity (Wildman–Crippen MR) is 90.4 cm³/mol. The first kappa shape index (κ1) is 14.9. The van der Waals surface area contributed by atoms with E-state index in [0.717, 1.165) is 16.5 Å². The van der Waals surface area contributed by atoms with Crippen molar-refractivity contribution in [3.8, 4) is 5.75 Å². The number of fused-ring (bicyclic) bond motifs is 1. The number of phenolic OH excluding ortho intramolecular Hbond substituents is 1. The fourth-order valence-electron chi connectivity index (χ4n) is 2.19. The van der Waals surface area contributed by atoms with E-state index in [9.17, 15) is 5.11 Å². The topological polar surface area (TPSA) is 58.0 Å². The lowest BCUT2D eigenvalue weighted by Gasteiger charge is -2.11. The molecule has 112 valence electrons. The van der Waals surface area contributed by atoms with Gasteiger partial charge in [0.15, 0.2) is 5.75 Å². The van der Waals surface area contributed by atoms with Crippen LogP contribution in [0.3, 0.4) is 0 Å². The molecule has 0 saturated carbocycles. The van der Waals surface area contributed by atoms with Crippen LogP contribution in [0.15, 0.2) is 30.6 Å². The second-order valence-electron chi connectivity index (χ2n) is 5.09. The van der Waals surface area contributed by atoms with Gasteiger partial charge in [-0.3, -0.25) is 0 Å². The van der Waals surface area contributed by atoms with Crippen LogP contribution in [-0.4, -0.2) is 15.1 Å². The van der Waals surface area contributed by atoms with Gasteiger partial charge in [0.25, 0.3) is 0 Å². The minimum atomic E-state index is -0.132. The van der Waals surface area contributed by atoms with Gasteiger partial charge in [-0.1, -0.05) is 23.2 Å². The van der Waals surface area contributed by atoms with Gasteiger partial charge in [0, 0.05) is 11.1 Å². The fraction of sp³-hybridized carbons (Fsp3) is 0.125. The number of hydrogen-bond donors (Lipinski definition) is 2. The summed E-state index contributed by atoms with van der Waals surface area (Å²) in [6.07, 6.45) is 1.50. The van der Waals surface area contributed by atoms with Crippen LogP contribution >= 0.6 is 23.2 Å². The molecule has 0 saturated heterocycles. The SMILES string of the molecule is Cc1cc2ncnc(Nc3cc(Cl)c(O)c(Cl)c3)c2cc1C. The van der Waals surface area contributed by atoms with Crippen molar-refractivity contribution in [1.82, 2.24) is 9.97 Å². The number of nitrogens with zero attached hydrogens (tertiary/aromatic N) is 2. The van der Waals surface area contributed by atoms with Crippen LogP contribution < -0.4 is 5.32 Å². The average Bonchev–Trinajstić information content (AvgIpc) is 2.47. The Kier molecular flexibility index (Phi) is 3.81. The molecular formula is C16H13Cl2N3O. The van der Waals surface area contributed by atoms with Crippen LogP contribution in [0.5, 0.6) is 5.75 Å². The third kappa shape index (κ3) is 2.67. The van der Waals surface area contributed by atoms with E-state index < -0.39 is 0 Å². The van der Waals surface area contributed by atoms with Crippen molar-refractivity contribution in [2.75, 3.05) is 5.32 Å². The van der Waals surface area contributed by atoms with Crippen molar-refractivity contribution in [1.29, 1.82) is 0 Å². The summed E-state index contributed by atoms with van der Waals surface area (Å²) in [6, 6.07) is 7.25. The van der Waals surface area contributed by atoms with Gasteiger partial charge in [-0.25, -0.2) is 9.97 Å². The van der Waals surface area contributed by atoms with Crippen LogP contribution in [0.4, 0.5) is 11.5 Å². The maximum atomic E-state index is 9.62. The van der Waals surface area contributed by atoms with Crippen LogP contribution in [0.2, 0.25) is 10.0 Å². The smallest absolute Gasteiger partial charge is 0.152 e. The van der Waals surface area contributed by atoms with Crippen LogP contribution in [0, 0.1) is 13.8 Å². The predicted octanol–water partition coefficient (Wildman–Crippen LogP) is 5.00. The van der Waals surface area contributed by atoms with Crippen molar-refractivity contribution in [2.24, 2.45) is 0 Å². The molecule has 0 aliphatic carbocycles. The number of aromatic hydroxyl groups is 1. The second-order valence-corrected chi connectivity index (χ2v) is 5.90. The normalized spacial score (nSPS) is 10.9. The lowest BCUT2D eigenvalue weighted by Crippen LogP contribution is -1.97. The summed E-state index contributed by atoms with van der Waals surface area (Å²) >= 11 is 11.9. The zero-order valence-electron chi connectivity index (χ0n) is 12.0. The van der Waals surface area contributed by atoms with Crippen LogP contribution in [-0.2, 0) is 0 Å². The largest absolute Gasteiger partial charge is 0.505 e. The number of halogens is 2. The Bertz CT molecular complexity index is 858. The van der Waals surface area contributed by atoms with Crippen molar-refractivity contribution in [2.45, 2.75) is 13.8 Å². The van der Waals surface area contributed by atoms with Gasteiger partial charge in [-0.05, 0) is 49.2 Å². The average molecular weight is 334 g/mol. The molecule has 3 rings (SSSR count). The van der Waals surface area contributed by atoms with E-state index in [1.807, 2.05) is 26.0 Å². The Morgan fingerprint density at radius 1 is 0.955 bits per heavy atom. The number of aryl methyl sites for hydroxylation is 2. The van der Waals surface area contributed by atoms with E-state index in [1.165, 1.54) is 11.9 Å². The Hall–Kier alpha value is -2.04. The number of aromatic nitrogens is 2. The van der Waals surface area contributed by atoms with E-state index in [4.69, 9.17) is 23.2 Å². The monoisotopic (exact) mass is 333 g/mol. The molecule has 4 nitrogen and oxygen atoms in total. The maximum absolute atomic E-state index is 9.62. The molecule has 0 spiro atoms. The summed E-state index contributed by atoms with van der Waals surface area (Å²) in [4.78, 5) is 8.58. The minimum Gasteiger partial charge on any atom is -0.505 e. The molecule has 6 heteroatoms. The molecule has 22 heavy (non-hydrogen) atoms. The molecule has 0 unspecified atom stereocenters. The maximum Gasteiger partial charge on any atom is 0.152 e. The summed E-state index contributed by atoms with van der Waals surface area (Å²) in [5.41, 5.74) is 3.84. The molecule has 0 radical (unpaired) electrons. The Balaban J connectivity index is 2.09. The molecule has 1 heterocycles. The van der Waals surface area contributed by atoms with Crippen LogP contribution in [0.1, 0.15) is 11.1 Å². The Morgan fingerprint density at radius 2 is 1.59 bits per heavy atom. The van der Waals surface area contributed by atoms with Gasteiger partial charge in [0.05, 0.1) is 15.6 Å². The number of phenols is 1. The van der Waals surface area contributed by atoms with E-state index in [-0.39, 0.29) is 15.8 Å². The first-order valence-corrected chi connectivity index (χ1v) is 7.38. The lowest BCUT2D eigenvalue weighted by molar-refractivity contribution is 0.476. The van der Waals surface area contributed by atoms with Gasteiger partial charge >= 0.3 is 0 Å². The highest BCUT2D eigenvalue weighted by atomic mass is 35.5. The van der Waals surface area contributed by atoms with Gasteiger partial charge in [-0.2, -0.15) is 0 Å². The summed E-state index contributed by atoms with van der Waals surface area (Å²) < 4.78 is 0. The molecular weight excluding hydrogens is 321 g/mol. The molecule has 0 amide bonds. The molecule has 2 aromatic carbocycles. The first-order chi connectivity index (χ1) is 10.5. The summed E-state index contributed by atoms with van der Waals surface area (Å²) in [7, 11) is 0. The lowest BCUT2D eigenvalue weighted by atomic mass is 10.1. The number of nitrogens with one attached hydrogen (secondary N) is 1. The highest BCUT2D eigenvalue weighted by Crippen LogP contribution is 2.36. The molecule has 0 aliphatic rings. The highest BCUT2D eigenvalue weighted by molar-refractivity contribution is 6.37. The van der Waals surface area contributed by atoms with Crippen LogP contribution in [0.25, 0.3) is 10.9 Å². The van der Waals surface area contributed by atoms with E-state index in [1.54, 1.807) is 12.1 Å². The zero-order chi connectivity index (χ0) is 15.9. The van der Waals surface area contributed by atoms with Gasteiger partial charge in [-0.15, -0.1) is 0 Å². The summed E-state index contributed by atoms with van der Waals surface area (Å²) in [6.45, 7) is 4.09. The standard InChI is InChI=1S/C16H13Cl2N3O/c1-8-3-11-14(4-9(8)2)19-7-20-16(11)21-10-5-12(17)15(22)13(18)6-10/h3-7,22H,1-2H3,(H,19,20,21). The van der Waals surface area contributed by atoms with E-state index >= 15 is 0 Å². The molecule has 1 aromatic heterocycles. The molecule has 0 atom stereocenters. The molecule has 2 N–H and O–H groups in total. The van der Waals surface area contributed by atoms with E-state index in [0.29, 0.717) is 11.5 Å². The molecule has 0 bridgehead atoms. The molecule has 3 aromatic rings. The van der Waals surface area contributed by atoms with Crippen molar-refractivity contribution < 1.29 is 5.11 Å². The van der Waals surface area contributed by atoms with Gasteiger partial charge in [0.2, 0.25) is 0 Å². The Morgan fingerprint density at radius 3 is 2.27 bits per heavy atom. The van der Waals surface area contributed by atoms with Crippen molar-refractivity contribution in [3.63, 3.8) is 0 Å². The summed E-state index contributed by atoms with van der Waals surface area (Å²) in [5.74, 6) is 0.527. The van der Waals surface area contributed by atoms with Crippen molar-refractivity contribution >= 4 is 45.6 Å². The first-order valence-electron chi connectivity index (χ1n) is 6.62. The number of hydrogen-bond acceptors (Lipinski definition) is 4. The summed E-state index contributed by atoms with van der Waals surface area (Å²) in [5, 5.41) is 14.1. The quantitative estimate of drug-likeness (QED) is 0.647. The molecule has 0 aliphatic heterocycles. The molecule has 0 fully saturated rings. The van der Waals surface area contributed by atoms with Gasteiger partial charge in [0.1, 0.15) is 12.1 Å². The number of rotatable bonds is 2. The zero-order valence-corrected chi connectivity index (χ0v) is 13.5. The number of benzene rings is 2. The third-order valence-electron chi connectivity index (χ3n) is 3.53. The fourth-order valence-corrected chi connectivity index (χ4v) is 2.68. The Labute approximate surface area is 137 Å². The van der Waals surface area contributed by atoms with Gasteiger partial charge < -0.3 is 10.4 Å². The van der Waals surface area contributed by atoms with E-state index in [2.05, 4.69) is 15.3 Å². The highest BCUT2D eigenvalue weighted by Gasteiger charge is 2.10.